The van der Waals surface area contributed by atoms with Crippen molar-refractivity contribution in [3.8, 4) is 0 Å². The largest absolute Gasteiger partial charge is 0.361 e. The first-order valence-electron chi connectivity index (χ1n) is 5.68. The molecule has 1 saturated carbocycles. The standard InChI is InChI=1S/C10H17N3O3S/c1-8-6-10(13-16-8)7-17(14,15)12-5-4-11-9-2-3-9/h6,9,11-12H,2-5,7H2,1H3. The van der Waals surface area contributed by atoms with Crippen LogP contribution in [0.4, 0.5) is 0 Å². The van der Waals surface area contributed by atoms with Gasteiger partial charge in [-0.3, -0.25) is 0 Å². The van der Waals surface area contributed by atoms with E-state index >= 15 is 0 Å². The maximum atomic E-state index is 11.6. The fourth-order valence-corrected chi connectivity index (χ4v) is 2.54. The Morgan fingerprint density at radius 1 is 1.47 bits per heavy atom. The van der Waals surface area contributed by atoms with Crippen molar-refractivity contribution in [1.82, 2.24) is 15.2 Å². The third kappa shape index (κ3) is 4.45. The lowest BCUT2D eigenvalue weighted by Crippen LogP contribution is -2.33. The van der Waals surface area contributed by atoms with Crippen LogP contribution < -0.4 is 10.0 Å². The summed E-state index contributed by atoms with van der Waals surface area (Å²) in [6.45, 7) is 2.81. The highest BCUT2D eigenvalue weighted by atomic mass is 32.2. The molecule has 0 atom stereocenters. The van der Waals surface area contributed by atoms with Gasteiger partial charge in [-0.05, 0) is 19.8 Å². The van der Waals surface area contributed by atoms with E-state index < -0.39 is 10.0 Å². The zero-order chi connectivity index (χ0) is 12.3. The Bertz CT molecular complexity index is 465. The molecule has 1 aromatic rings. The molecule has 96 valence electrons. The number of sulfonamides is 1. The van der Waals surface area contributed by atoms with E-state index in [9.17, 15) is 8.42 Å². The predicted octanol–water partition coefficient (Wildman–Crippen LogP) is 0.154. The summed E-state index contributed by atoms with van der Waals surface area (Å²) in [6.07, 6.45) is 2.40. The molecule has 1 aliphatic carbocycles. The van der Waals surface area contributed by atoms with Crippen LogP contribution in [0.2, 0.25) is 0 Å². The Kier molecular flexibility index (Phi) is 3.80. The first-order valence-corrected chi connectivity index (χ1v) is 7.33. The van der Waals surface area contributed by atoms with Crippen LogP contribution in [0.3, 0.4) is 0 Å². The molecule has 0 radical (unpaired) electrons. The van der Waals surface area contributed by atoms with E-state index in [0.717, 1.165) is 0 Å². The minimum absolute atomic E-state index is 0.131. The molecule has 0 spiro atoms. The van der Waals surface area contributed by atoms with Crippen molar-refractivity contribution in [2.24, 2.45) is 0 Å². The van der Waals surface area contributed by atoms with Gasteiger partial charge in [0.2, 0.25) is 10.0 Å². The molecule has 1 aliphatic rings. The van der Waals surface area contributed by atoms with Gasteiger partial charge >= 0.3 is 0 Å². The SMILES string of the molecule is Cc1cc(CS(=O)(=O)NCCNC2CC2)no1. The summed E-state index contributed by atoms with van der Waals surface area (Å²) in [5.41, 5.74) is 0.435. The van der Waals surface area contributed by atoms with Crippen molar-refractivity contribution in [2.75, 3.05) is 13.1 Å². The van der Waals surface area contributed by atoms with Crippen LogP contribution in [0.5, 0.6) is 0 Å². The molecule has 1 fully saturated rings. The molecular weight excluding hydrogens is 242 g/mol. The molecular formula is C10H17N3O3S. The Balaban J connectivity index is 1.73. The molecule has 0 unspecified atom stereocenters. The van der Waals surface area contributed by atoms with Gasteiger partial charge in [-0.2, -0.15) is 0 Å². The van der Waals surface area contributed by atoms with Crippen LogP contribution in [-0.4, -0.2) is 32.7 Å². The van der Waals surface area contributed by atoms with Gasteiger partial charge in [0.1, 0.15) is 17.2 Å². The maximum Gasteiger partial charge on any atom is 0.217 e. The van der Waals surface area contributed by atoms with E-state index in [2.05, 4.69) is 15.2 Å². The van der Waals surface area contributed by atoms with Crippen molar-refractivity contribution in [1.29, 1.82) is 0 Å². The van der Waals surface area contributed by atoms with Gasteiger partial charge in [-0.1, -0.05) is 5.16 Å². The summed E-state index contributed by atoms with van der Waals surface area (Å²) in [7, 11) is -3.31. The van der Waals surface area contributed by atoms with E-state index in [1.807, 2.05) is 0 Å². The van der Waals surface area contributed by atoms with E-state index in [-0.39, 0.29) is 5.75 Å². The minimum atomic E-state index is -3.31. The first kappa shape index (κ1) is 12.5. The Labute approximate surface area is 101 Å². The van der Waals surface area contributed by atoms with E-state index in [1.54, 1.807) is 13.0 Å². The molecule has 0 aromatic carbocycles. The first-order chi connectivity index (χ1) is 8.05. The van der Waals surface area contributed by atoms with E-state index in [4.69, 9.17) is 4.52 Å². The van der Waals surface area contributed by atoms with Crippen LogP contribution in [0.1, 0.15) is 24.3 Å². The highest BCUT2D eigenvalue weighted by Crippen LogP contribution is 2.17. The highest BCUT2D eigenvalue weighted by Gasteiger charge is 2.20. The highest BCUT2D eigenvalue weighted by molar-refractivity contribution is 7.88. The summed E-state index contributed by atoms with van der Waals surface area (Å²) < 4.78 is 30.6. The van der Waals surface area contributed by atoms with E-state index in [1.165, 1.54) is 12.8 Å². The minimum Gasteiger partial charge on any atom is -0.361 e. The lowest BCUT2D eigenvalue weighted by Gasteiger charge is -2.05. The molecule has 6 nitrogen and oxygen atoms in total. The van der Waals surface area contributed by atoms with Gasteiger partial charge in [-0.25, -0.2) is 13.1 Å². The van der Waals surface area contributed by atoms with Crippen molar-refractivity contribution < 1.29 is 12.9 Å². The topological polar surface area (TPSA) is 84.2 Å². The zero-order valence-corrected chi connectivity index (χ0v) is 10.6. The van der Waals surface area contributed by atoms with Crippen molar-refractivity contribution in [3.63, 3.8) is 0 Å². The summed E-state index contributed by atoms with van der Waals surface area (Å²) in [5, 5.41) is 6.89. The fraction of sp³-hybridized carbons (Fsp3) is 0.700. The van der Waals surface area contributed by atoms with Crippen molar-refractivity contribution >= 4 is 10.0 Å². The second-order valence-corrected chi connectivity index (χ2v) is 6.12. The van der Waals surface area contributed by atoms with Crippen molar-refractivity contribution in [3.05, 3.63) is 17.5 Å². The zero-order valence-electron chi connectivity index (χ0n) is 9.77. The smallest absolute Gasteiger partial charge is 0.217 e. The summed E-state index contributed by atoms with van der Waals surface area (Å²) in [4.78, 5) is 0. The lowest BCUT2D eigenvalue weighted by atomic mass is 10.4. The molecule has 7 heteroatoms. The number of rotatable bonds is 7. The maximum absolute atomic E-state index is 11.6. The molecule has 0 bridgehead atoms. The van der Waals surface area contributed by atoms with Crippen molar-refractivity contribution in [2.45, 2.75) is 31.6 Å². The third-order valence-electron chi connectivity index (χ3n) is 2.47. The normalized spacial score (nSPS) is 16.3. The molecule has 0 saturated heterocycles. The van der Waals surface area contributed by atoms with Crippen LogP contribution in [0, 0.1) is 6.92 Å². The monoisotopic (exact) mass is 259 g/mol. The van der Waals surface area contributed by atoms with Crippen LogP contribution in [-0.2, 0) is 15.8 Å². The van der Waals surface area contributed by atoms with E-state index in [0.29, 0.717) is 30.6 Å². The Hall–Kier alpha value is -0.920. The fourth-order valence-electron chi connectivity index (χ4n) is 1.50. The van der Waals surface area contributed by atoms with Gasteiger partial charge in [0, 0.05) is 25.2 Å². The van der Waals surface area contributed by atoms with Gasteiger partial charge < -0.3 is 9.84 Å². The van der Waals surface area contributed by atoms with Crippen LogP contribution in [0.15, 0.2) is 10.6 Å². The number of nitrogens with one attached hydrogen (secondary N) is 2. The quantitative estimate of drug-likeness (QED) is 0.681. The molecule has 1 aromatic heterocycles. The molecule has 1 heterocycles. The predicted molar refractivity (Wildman–Crippen MR) is 62.9 cm³/mol. The van der Waals surface area contributed by atoms with Crippen LogP contribution in [0.25, 0.3) is 0 Å². The molecule has 17 heavy (non-hydrogen) atoms. The number of aryl methyl sites for hydroxylation is 1. The van der Waals surface area contributed by atoms with Gasteiger partial charge in [0.25, 0.3) is 0 Å². The Morgan fingerprint density at radius 3 is 2.82 bits per heavy atom. The number of hydrogen-bond donors (Lipinski definition) is 2. The Morgan fingerprint density at radius 2 is 2.24 bits per heavy atom. The lowest BCUT2D eigenvalue weighted by molar-refractivity contribution is 0.392. The van der Waals surface area contributed by atoms with Gasteiger partial charge in [0.05, 0.1) is 0 Å². The summed E-state index contributed by atoms with van der Waals surface area (Å²) in [6, 6.07) is 2.22. The molecule has 0 amide bonds. The molecule has 2 rings (SSSR count). The summed E-state index contributed by atoms with van der Waals surface area (Å²) in [5.74, 6) is 0.485. The molecule has 2 N–H and O–H groups in total. The van der Waals surface area contributed by atoms with Gasteiger partial charge in [0.15, 0.2) is 0 Å². The van der Waals surface area contributed by atoms with Crippen LogP contribution >= 0.6 is 0 Å². The molecule has 0 aliphatic heterocycles. The average molecular weight is 259 g/mol. The summed E-state index contributed by atoms with van der Waals surface area (Å²) >= 11 is 0. The average Bonchev–Trinajstić information content (AvgIpc) is 2.98. The van der Waals surface area contributed by atoms with Gasteiger partial charge in [-0.15, -0.1) is 0 Å². The number of aromatic nitrogens is 1. The third-order valence-corrected chi connectivity index (χ3v) is 3.79. The number of hydrogen-bond acceptors (Lipinski definition) is 5. The second-order valence-electron chi connectivity index (χ2n) is 4.31. The number of nitrogens with zero attached hydrogens (tertiary/aromatic N) is 1. The second kappa shape index (κ2) is 5.16.